The Balaban J connectivity index is 0.00000208. The van der Waals surface area contributed by atoms with Gasteiger partial charge in [-0.25, -0.2) is 4.39 Å². The lowest BCUT2D eigenvalue weighted by atomic mass is 10.1. The maximum Gasteiger partial charge on any atom is 0.253 e. The highest BCUT2D eigenvalue weighted by Gasteiger charge is 2.20. The van der Waals surface area contributed by atoms with E-state index in [0.29, 0.717) is 5.56 Å². The first-order chi connectivity index (χ1) is 11.1. The number of nitrogens with one attached hydrogen (secondary N) is 2. The second-order valence-corrected chi connectivity index (χ2v) is 6.09. The van der Waals surface area contributed by atoms with Gasteiger partial charge in [0.2, 0.25) is 0 Å². The molecule has 1 aliphatic rings. The Morgan fingerprint density at radius 1 is 1.21 bits per heavy atom. The van der Waals surface area contributed by atoms with E-state index < -0.39 is 0 Å². The predicted octanol–water partition coefficient (Wildman–Crippen LogP) is 3.14. The monoisotopic (exact) mass is 351 g/mol. The molecule has 1 aliphatic heterocycles. The lowest BCUT2D eigenvalue weighted by Gasteiger charge is -2.23. The molecule has 1 saturated heterocycles. The first kappa shape index (κ1) is 18.5. The van der Waals surface area contributed by atoms with Crippen LogP contribution in [0, 0.1) is 19.7 Å². The molecule has 0 atom stereocenters. The Morgan fingerprint density at radius 3 is 2.46 bits per heavy atom. The zero-order valence-electron chi connectivity index (χ0n) is 13.9. The number of aromatic nitrogens is 1. The fraction of sp³-hybridized carbons (Fsp3) is 0.389. The smallest absolute Gasteiger partial charge is 0.253 e. The molecule has 0 aliphatic carbocycles. The molecule has 130 valence electrons. The topological polar surface area (TPSA) is 46.1 Å². The van der Waals surface area contributed by atoms with Crippen LogP contribution in [0.15, 0.2) is 30.3 Å². The second-order valence-electron chi connectivity index (χ2n) is 6.09. The highest BCUT2D eigenvalue weighted by atomic mass is 35.5. The number of amides is 1. The van der Waals surface area contributed by atoms with E-state index in [-0.39, 0.29) is 30.2 Å². The van der Waals surface area contributed by atoms with Gasteiger partial charge in [0.05, 0.1) is 5.56 Å². The van der Waals surface area contributed by atoms with Crippen molar-refractivity contribution < 1.29 is 9.18 Å². The maximum absolute atomic E-state index is 13.1. The van der Waals surface area contributed by atoms with Crippen LogP contribution in [-0.4, -0.2) is 29.6 Å². The van der Waals surface area contributed by atoms with Crippen LogP contribution in [0.25, 0.3) is 5.69 Å². The van der Waals surface area contributed by atoms with Gasteiger partial charge in [0, 0.05) is 23.1 Å². The molecular weight excluding hydrogens is 329 g/mol. The van der Waals surface area contributed by atoms with Crippen molar-refractivity contribution >= 4 is 18.3 Å². The maximum atomic E-state index is 13.1. The van der Waals surface area contributed by atoms with Crippen molar-refractivity contribution in [3.05, 3.63) is 53.1 Å². The summed E-state index contributed by atoms with van der Waals surface area (Å²) in [6.45, 7) is 5.77. The van der Waals surface area contributed by atoms with Crippen LogP contribution in [0.4, 0.5) is 4.39 Å². The highest BCUT2D eigenvalue weighted by Crippen LogP contribution is 2.21. The fourth-order valence-corrected chi connectivity index (χ4v) is 3.21. The predicted molar refractivity (Wildman–Crippen MR) is 95.8 cm³/mol. The van der Waals surface area contributed by atoms with Crippen LogP contribution >= 0.6 is 12.4 Å². The third-order valence-corrected chi connectivity index (χ3v) is 4.43. The molecule has 1 aromatic carbocycles. The van der Waals surface area contributed by atoms with Crippen molar-refractivity contribution in [2.24, 2.45) is 0 Å². The van der Waals surface area contributed by atoms with Crippen LogP contribution in [0.1, 0.15) is 34.6 Å². The molecule has 0 unspecified atom stereocenters. The van der Waals surface area contributed by atoms with E-state index in [9.17, 15) is 9.18 Å². The Morgan fingerprint density at radius 2 is 1.83 bits per heavy atom. The molecule has 0 bridgehead atoms. The van der Waals surface area contributed by atoms with Crippen LogP contribution in [0.3, 0.4) is 0 Å². The molecule has 1 amide bonds. The van der Waals surface area contributed by atoms with E-state index in [0.717, 1.165) is 43.0 Å². The van der Waals surface area contributed by atoms with E-state index in [1.54, 1.807) is 12.1 Å². The number of rotatable bonds is 3. The van der Waals surface area contributed by atoms with Crippen LogP contribution < -0.4 is 10.6 Å². The number of halogens is 2. The van der Waals surface area contributed by atoms with Gasteiger partial charge in [0.25, 0.3) is 5.91 Å². The summed E-state index contributed by atoms with van der Waals surface area (Å²) >= 11 is 0. The van der Waals surface area contributed by atoms with Crippen molar-refractivity contribution in [1.82, 2.24) is 15.2 Å². The van der Waals surface area contributed by atoms with E-state index in [4.69, 9.17) is 0 Å². The molecule has 2 aromatic rings. The summed E-state index contributed by atoms with van der Waals surface area (Å²) in [6, 6.07) is 8.45. The number of hydrogen-bond acceptors (Lipinski definition) is 2. The fourth-order valence-electron chi connectivity index (χ4n) is 3.21. The van der Waals surface area contributed by atoms with Gasteiger partial charge < -0.3 is 15.2 Å². The number of piperidine rings is 1. The van der Waals surface area contributed by atoms with E-state index >= 15 is 0 Å². The zero-order valence-corrected chi connectivity index (χ0v) is 14.8. The molecule has 0 saturated carbocycles. The Hall–Kier alpha value is -1.85. The number of carbonyl (C=O) groups is 1. The molecule has 3 rings (SSSR count). The molecule has 24 heavy (non-hydrogen) atoms. The van der Waals surface area contributed by atoms with Gasteiger partial charge in [-0.15, -0.1) is 12.4 Å². The first-order valence-electron chi connectivity index (χ1n) is 8.02. The summed E-state index contributed by atoms with van der Waals surface area (Å²) in [5, 5.41) is 6.42. The molecule has 2 heterocycles. The number of benzene rings is 1. The third-order valence-electron chi connectivity index (χ3n) is 4.43. The molecule has 1 fully saturated rings. The van der Waals surface area contributed by atoms with Crippen LogP contribution in [0.2, 0.25) is 0 Å². The zero-order chi connectivity index (χ0) is 16.4. The summed E-state index contributed by atoms with van der Waals surface area (Å²) in [7, 11) is 0. The molecule has 6 heteroatoms. The Bertz CT molecular complexity index is 706. The minimum absolute atomic E-state index is 0. The van der Waals surface area contributed by atoms with Gasteiger partial charge in [-0.05, 0) is 70.1 Å². The molecule has 0 spiro atoms. The van der Waals surface area contributed by atoms with E-state index in [1.165, 1.54) is 12.1 Å². The number of carbonyl (C=O) groups excluding carboxylic acids is 1. The average molecular weight is 352 g/mol. The molecule has 1 aromatic heterocycles. The Labute approximate surface area is 147 Å². The van der Waals surface area contributed by atoms with Gasteiger partial charge in [0.15, 0.2) is 0 Å². The molecular formula is C18H23ClFN3O. The summed E-state index contributed by atoms with van der Waals surface area (Å²) < 4.78 is 15.1. The largest absolute Gasteiger partial charge is 0.349 e. The third kappa shape index (κ3) is 3.79. The second kappa shape index (κ2) is 7.81. The standard InChI is InChI=1S/C18H22FN3O.ClH/c1-12-11-17(18(23)21-15-7-9-20-10-8-15)13(2)22(12)16-5-3-14(19)4-6-16;/h3-6,11,15,20H,7-10H2,1-2H3,(H,21,23);1H. The van der Waals surface area contributed by atoms with E-state index in [1.807, 2.05) is 24.5 Å². The van der Waals surface area contributed by atoms with Crippen molar-refractivity contribution in [1.29, 1.82) is 0 Å². The minimum Gasteiger partial charge on any atom is -0.349 e. The molecule has 0 radical (unpaired) electrons. The quantitative estimate of drug-likeness (QED) is 0.892. The average Bonchev–Trinajstić information content (AvgIpc) is 2.84. The lowest BCUT2D eigenvalue weighted by Crippen LogP contribution is -2.42. The first-order valence-corrected chi connectivity index (χ1v) is 8.02. The molecule has 2 N–H and O–H groups in total. The summed E-state index contributed by atoms with van der Waals surface area (Å²) in [4.78, 5) is 12.6. The van der Waals surface area contributed by atoms with Crippen LogP contribution in [0.5, 0.6) is 0 Å². The summed E-state index contributed by atoms with van der Waals surface area (Å²) in [6.07, 6.45) is 1.92. The summed E-state index contributed by atoms with van der Waals surface area (Å²) in [5.74, 6) is -0.293. The van der Waals surface area contributed by atoms with E-state index in [2.05, 4.69) is 10.6 Å². The van der Waals surface area contributed by atoms with Gasteiger partial charge >= 0.3 is 0 Å². The van der Waals surface area contributed by atoms with Gasteiger partial charge in [-0.2, -0.15) is 0 Å². The van der Waals surface area contributed by atoms with Crippen molar-refractivity contribution in [2.45, 2.75) is 32.7 Å². The molecule has 4 nitrogen and oxygen atoms in total. The van der Waals surface area contributed by atoms with Crippen molar-refractivity contribution in [3.63, 3.8) is 0 Å². The minimum atomic E-state index is -0.264. The highest BCUT2D eigenvalue weighted by molar-refractivity contribution is 5.96. The van der Waals surface area contributed by atoms with Crippen molar-refractivity contribution in [3.8, 4) is 5.69 Å². The van der Waals surface area contributed by atoms with Gasteiger partial charge in [-0.3, -0.25) is 4.79 Å². The van der Waals surface area contributed by atoms with Crippen LogP contribution in [-0.2, 0) is 0 Å². The van der Waals surface area contributed by atoms with Gasteiger partial charge in [-0.1, -0.05) is 0 Å². The summed E-state index contributed by atoms with van der Waals surface area (Å²) in [5.41, 5.74) is 3.39. The normalized spacial score (nSPS) is 15.0. The Kier molecular flexibility index (Phi) is 6.02. The number of hydrogen-bond donors (Lipinski definition) is 2. The number of nitrogens with zero attached hydrogens (tertiary/aromatic N) is 1. The van der Waals surface area contributed by atoms with Crippen molar-refractivity contribution in [2.75, 3.05) is 13.1 Å². The number of aryl methyl sites for hydroxylation is 1. The SMILES string of the molecule is Cc1cc(C(=O)NC2CCNCC2)c(C)n1-c1ccc(F)cc1.Cl. The lowest BCUT2D eigenvalue weighted by molar-refractivity contribution is 0.0929. The van der Waals surface area contributed by atoms with Gasteiger partial charge in [0.1, 0.15) is 5.82 Å².